The lowest BCUT2D eigenvalue weighted by Crippen LogP contribution is -2.24. The highest BCUT2D eigenvalue weighted by Crippen LogP contribution is 2.30. The number of hydrogen-bond acceptors (Lipinski definition) is 6. The Hall–Kier alpha value is -3.30. The SMILES string of the molecule is O=C1CC(c2nc(-c3ccc(OC(F)(F)F)cc3)no2)CN1Cc1ccco1. The van der Waals surface area contributed by atoms with Gasteiger partial charge < -0.3 is 18.6 Å². The topological polar surface area (TPSA) is 81.6 Å². The molecule has 1 atom stereocenters. The molecular formula is C18H14F3N3O4. The van der Waals surface area contributed by atoms with Crippen LogP contribution in [0, 0.1) is 0 Å². The molecule has 3 heterocycles. The number of hydrogen-bond donors (Lipinski definition) is 0. The monoisotopic (exact) mass is 393 g/mol. The zero-order chi connectivity index (χ0) is 19.7. The van der Waals surface area contributed by atoms with Crippen LogP contribution in [0.1, 0.15) is 24.0 Å². The molecule has 7 nitrogen and oxygen atoms in total. The molecule has 3 aromatic rings. The predicted molar refractivity (Wildman–Crippen MR) is 87.9 cm³/mol. The highest BCUT2D eigenvalue weighted by atomic mass is 19.4. The average Bonchev–Trinajstić information content (AvgIpc) is 3.37. The Labute approximate surface area is 156 Å². The molecule has 2 aromatic heterocycles. The van der Waals surface area contributed by atoms with E-state index < -0.39 is 6.36 Å². The summed E-state index contributed by atoms with van der Waals surface area (Å²) in [5.74, 6) is 0.578. The minimum Gasteiger partial charge on any atom is -0.467 e. The van der Waals surface area contributed by atoms with Crippen molar-refractivity contribution in [1.29, 1.82) is 0 Å². The van der Waals surface area contributed by atoms with Gasteiger partial charge in [0.05, 0.1) is 18.7 Å². The fourth-order valence-corrected chi connectivity index (χ4v) is 3.01. The van der Waals surface area contributed by atoms with Gasteiger partial charge in [-0.25, -0.2) is 0 Å². The number of rotatable bonds is 5. The van der Waals surface area contributed by atoms with Crippen molar-refractivity contribution in [1.82, 2.24) is 15.0 Å². The molecule has 4 rings (SSSR count). The van der Waals surface area contributed by atoms with Gasteiger partial charge >= 0.3 is 6.36 Å². The van der Waals surface area contributed by atoms with Crippen LogP contribution < -0.4 is 4.74 Å². The second kappa shape index (κ2) is 7.02. The lowest BCUT2D eigenvalue weighted by atomic mass is 10.1. The van der Waals surface area contributed by atoms with E-state index in [9.17, 15) is 18.0 Å². The van der Waals surface area contributed by atoms with Crippen molar-refractivity contribution >= 4 is 5.91 Å². The molecule has 1 aromatic carbocycles. The second-order valence-electron chi connectivity index (χ2n) is 6.28. The number of nitrogens with zero attached hydrogens (tertiary/aromatic N) is 3. The Morgan fingerprint density at radius 3 is 2.68 bits per heavy atom. The Kier molecular flexibility index (Phi) is 4.54. The molecule has 1 aliphatic heterocycles. The smallest absolute Gasteiger partial charge is 0.467 e. The highest BCUT2D eigenvalue weighted by Gasteiger charge is 2.35. The third kappa shape index (κ3) is 4.00. The third-order valence-electron chi connectivity index (χ3n) is 4.28. The van der Waals surface area contributed by atoms with E-state index in [0.717, 1.165) is 0 Å². The number of carbonyl (C=O) groups excluding carboxylic acids is 1. The number of alkyl halides is 3. The van der Waals surface area contributed by atoms with E-state index >= 15 is 0 Å². The second-order valence-corrected chi connectivity index (χ2v) is 6.28. The minimum atomic E-state index is -4.75. The Balaban J connectivity index is 1.44. The Morgan fingerprint density at radius 2 is 2.00 bits per heavy atom. The van der Waals surface area contributed by atoms with Crippen LogP contribution in [0.5, 0.6) is 5.75 Å². The molecule has 0 radical (unpaired) electrons. The van der Waals surface area contributed by atoms with Crippen LogP contribution in [0.3, 0.4) is 0 Å². The largest absolute Gasteiger partial charge is 0.573 e. The summed E-state index contributed by atoms with van der Waals surface area (Å²) in [4.78, 5) is 18.1. The van der Waals surface area contributed by atoms with Gasteiger partial charge in [-0.1, -0.05) is 5.16 Å². The summed E-state index contributed by atoms with van der Waals surface area (Å²) in [5, 5.41) is 3.86. The van der Waals surface area contributed by atoms with Gasteiger partial charge in [0.1, 0.15) is 11.5 Å². The molecule has 0 bridgehead atoms. The summed E-state index contributed by atoms with van der Waals surface area (Å²) in [6, 6.07) is 8.68. The number of aromatic nitrogens is 2. The van der Waals surface area contributed by atoms with Crippen LogP contribution in [0.4, 0.5) is 13.2 Å². The average molecular weight is 393 g/mol. The zero-order valence-corrected chi connectivity index (χ0v) is 14.3. The van der Waals surface area contributed by atoms with Gasteiger partial charge in [0.2, 0.25) is 17.6 Å². The third-order valence-corrected chi connectivity index (χ3v) is 4.28. The maximum atomic E-state index is 12.2. The number of amides is 1. The van der Waals surface area contributed by atoms with Crippen molar-refractivity contribution in [3.8, 4) is 17.1 Å². The molecule has 0 N–H and O–H groups in total. The van der Waals surface area contributed by atoms with Crippen molar-refractivity contribution in [3.05, 3.63) is 54.3 Å². The van der Waals surface area contributed by atoms with Crippen LogP contribution in [-0.2, 0) is 11.3 Å². The van der Waals surface area contributed by atoms with Crippen molar-refractivity contribution < 1.29 is 31.6 Å². The van der Waals surface area contributed by atoms with E-state index in [1.54, 1.807) is 23.3 Å². The van der Waals surface area contributed by atoms with E-state index in [1.807, 2.05) is 0 Å². The number of likely N-dealkylation sites (tertiary alicyclic amines) is 1. The van der Waals surface area contributed by atoms with Crippen LogP contribution in [-0.4, -0.2) is 33.9 Å². The van der Waals surface area contributed by atoms with E-state index in [2.05, 4.69) is 14.9 Å². The summed E-state index contributed by atoms with van der Waals surface area (Å²) in [7, 11) is 0. The number of furan rings is 1. The molecule has 0 spiro atoms. The molecule has 1 amide bonds. The fourth-order valence-electron chi connectivity index (χ4n) is 3.01. The Bertz CT molecular complexity index is 951. The van der Waals surface area contributed by atoms with Gasteiger partial charge in [-0.05, 0) is 36.4 Å². The maximum Gasteiger partial charge on any atom is 0.573 e. The predicted octanol–water partition coefficient (Wildman–Crippen LogP) is 3.74. The van der Waals surface area contributed by atoms with Crippen LogP contribution in [0.25, 0.3) is 11.4 Å². The van der Waals surface area contributed by atoms with Crippen LogP contribution in [0.15, 0.2) is 51.6 Å². The fraction of sp³-hybridized carbons (Fsp3) is 0.278. The quantitative estimate of drug-likeness (QED) is 0.657. The lowest BCUT2D eigenvalue weighted by Gasteiger charge is -2.13. The molecule has 1 unspecified atom stereocenters. The van der Waals surface area contributed by atoms with Crippen molar-refractivity contribution in [2.45, 2.75) is 25.2 Å². The molecule has 10 heteroatoms. The van der Waals surface area contributed by atoms with Crippen LogP contribution >= 0.6 is 0 Å². The van der Waals surface area contributed by atoms with Gasteiger partial charge in [-0.3, -0.25) is 4.79 Å². The summed E-state index contributed by atoms with van der Waals surface area (Å²) >= 11 is 0. The first-order chi connectivity index (χ1) is 13.4. The lowest BCUT2D eigenvalue weighted by molar-refractivity contribution is -0.274. The number of halogens is 3. The first kappa shape index (κ1) is 18.1. The normalized spacial score (nSPS) is 17.3. The van der Waals surface area contributed by atoms with E-state index in [-0.39, 0.29) is 29.8 Å². The molecular weight excluding hydrogens is 379 g/mol. The first-order valence-corrected chi connectivity index (χ1v) is 8.37. The molecule has 1 fully saturated rings. The number of carbonyl (C=O) groups is 1. The maximum absolute atomic E-state index is 12.2. The van der Waals surface area contributed by atoms with E-state index in [4.69, 9.17) is 8.94 Å². The van der Waals surface area contributed by atoms with E-state index in [1.165, 1.54) is 24.3 Å². The summed E-state index contributed by atoms with van der Waals surface area (Å²) in [5.41, 5.74) is 0.473. The first-order valence-electron chi connectivity index (χ1n) is 8.37. The van der Waals surface area contributed by atoms with Crippen molar-refractivity contribution in [2.24, 2.45) is 0 Å². The zero-order valence-electron chi connectivity index (χ0n) is 14.3. The summed E-state index contributed by atoms with van der Waals surface area (Å²) < 4.78 is 51.0. The number of benzene rings is 1. The minimum absolute atomic E-state index is 0.0465. The van der Waals surface area contributed by atoms with Crippen LogP contribution in [0.2, 0.25) is 0 Å². The van der Waals surface area contributed by atoms with Gasteiger partial charge in [-0.15, -0.1) is 13.2 Å². The van der Waals surface area contributed by atoms with Gasteiger partial charge in [0, 0.05) is 18.5 Å². The molecule has 0 saturated carbocycles. The van der Waals surface area contributed by atoms with Crippen molar-refractivity contribution in [2.75, 3.05) is 6.54 Å². The summed E-state index contributed by atoms with van der Waals surface area (Å²) in [6.07, 6.45) is -2.97. The molecule has 1 aliphatic rings. The number of ether oxygens (including phenoxy) is 1. The van der Waals surface area contributed by atoms with E-state index in [0.29, 0.717) is 30.3 Å². The Morgan fingerprint density at radius 1 is 1.21 bits per heavy atom. The molecule has 146 valence electrons. The van der Waals surface area contributed by atoms with Gasteiger partial charge in [0.25, 0.3) is 0 Å². The molecule has 0 aliphatic carbocycles. The van der Waals surface area contributed by atoms with Gasteiger partial charge in [0.15, 0.2) is 0 Å². The summed E-state index contributed by atoms with van der Waals surface area (Å²) in [6.45, 7) is 0.781. The standard InChI is InChI=1S/C18H14F3N3O4/c19-18(20,21)27-13-5-3-11(4-6-13)16-22-17(28-23-16)12-8-15(25)24(9-12)10-14-2-1-7-26-14/h1-7,12H,8-10H2. The van der Waals surface area contributed by atoms with Gasteiger partial charge in [-0.2, -0.15) is 4.98 Å². The highest BCUT2D eigenvalue weighted by molar-refractivity contribution is 5.79. The van der Waals surface area contributed by atoms with Crippen molar-refractivity contribution in [3.63, 3.8) is 0 Å². The molecule has 28 heavy (non-hydrogen) atoms. The molecule has 1 saturated heterocycles.